The van der Waals surface area contributed by atoms with E-state index in [9.17, 15) is 4.79 Å². The van der Waals surface area contributed by atoms with Gasteiger partial charge in [-0.1, -0.05) is 30.3 Å². The van der Waals surface area contributed by atoms with Gasteiger partial charge in [-0.3, -0.25) is 9.69 Å². The number of hydrogen-bond donors (Lipinski definition) is 1. The Morgan fingerprint density at radius 2 is 2.04 bits per heavy atom. The van der Waals surface area contributed by atoms with E-state index in [1.165, 1.54) is 5.56 Å². The van der Waals surface area contributed by atoms with Gasteiger partial charge >= 0.3 is 0 Å². The normalized spacial score (nSPS) is 12.5. The average Bonchev–Trinajstić information content (AvgIpc) is 2.96. The zero-order chi connectivity index (χ0) is 17.8. The lowest BCUT2D eigenvalue weighted by Gasteiger charge is -2.25. The molecule has 6 heteroatoms. The number of aryl methyl sites for hydroxylation is 1. The fourth-order valence-corrected chi connectivity index (χ4v) is 2.77. The summed E-state index contributed by atoms with van der Waals surface area (Å²) in [5.74, 6) is -0.133. The Kier molecular flexibility index (Phi) is 5.09. The summed E-state index contributed by atoms with van der Waals surface area (Å²) in [4.78, 5) is 19.1. The first-order chi connectivity index (χ1) is 12.1. The first kappa shape index (κ1) is 17.1. The molecule has 1 amide bonds. The van der Waals surface area contributed by atoms with Gasteiger partial charge in [0.25, 0.3) is 5.91 Å². The SMILES string of the molecule is Cc1nn2cccnc2c1C(=O)NCC(C)N(C)Cc1ccccc1. The summed E-state index contributed by atoms with van der Waals surface area (Å²) in [7, 11) is 2.06. The number of amides is 1. The maximum Gasteiger partial charge on any atom is 0.257 e. The highest BCUT2D eigenvalue weighted by atomic mass is 16.1. The molecule has 1 atom stereocenters. The van der Waals surface area contributed by atoms with Crippen LogP contribution in [0, 0.1) is 6.92 Å². The highest BCUT2D eigenvalue weighted by molar-refractivity contribution is 6.00. The summed E-state index contributed by atoms with van der Waals surface area (Å²) in [5.41, 5.74) is 3.06. The molecule has 0 aliphatic rings. The smallest absolute Gasteiger partial charge is 0.257 e. The van der Waals surface area contributed by atoms with Crippen LogP contribution in [0.3, 0.4) is 0 Å². The first-order valence-corrected chi connectivity index (χ1v) is 8.38. The number of hydrogen-bond acceptors (Lipinski definition) is 4. The lowest BCUT2D eigenvalue weighted by molar-refractivity contribution is 0.0940. The molecule has 0 radical (unpaired) electrons. The molecule has 0 saturated carbocycles. The number of fused-ring (bicyclic) bond motifs is 1. The Morgan fingerprint density at radius 1 is 1.28 bits per heavy atom. The lowest BCUT2D eigenvalue weighted by atomic mass is 10.2. The predicted octanol–water partition coefficient (Wildman–Crippen LogP) is 2.29. The van der Waals surface area contributed by atoms with Crippen LogP contribution in [0.1, 0.15) is 28.5 Å². The Hall–Kier alpha value is -2.73. The molecule has 0 saturated heterocycles. The molecule has 0 bridgehead atoms. The van der Waals surface area contributed by atoms with Gasteiger partial charge < -0.3 is 5.32 Å². The number of likely N-dealkylation sites (N-methyl/N-ethyl adjacent to an activating group) is 1. The molecule has 6 nitrogen and oxygen atoms in total. The maximum absolute atomic E-state index is 12.6. The van der Waals surface area contributed by atoms with Gasteiger partial charge in [0.2, 0.25) is 0 Å². The quantitative estimate of drug-likeness (QED) is 0.750. The van der Waals surface area contributed by atoms with Gasteiger partial charge in [0, 0.05) is 31.5 Å². The van der Waals surface area contributed by atoms with Crippen LogP contribution in [0.15, 0.2) is 48.8 Å². The van der Waals surface area contributed by atoms with Crippen LogP contribution in [0.25, 0.3) is 5.65 Å². The zero-order valence-electron chi connectivity index (χ0n) is 14.8. The topological polar surface area (TPSA) is 62.5 Å². The van der Waals surface area contributed by atoms with Gasteiger partial charge in [-0.2, -0.15) is 5.10 Å². The van der Waals surface area contributed by atoms with E-state index < -0.39 is 0 Å². The largest absolute Gasteiger partial charge is 0.350 e. The molecule has 0 fully saturated rings. The van der Waals surface area contributed by atoms with Crippen LogP contribution >= 0.6 is 0 Å². The summed E-state index contributed by atoms with van der Waals surface area (Å²) in [6, 6.07) is 12.3. The van der Waals surface area contributed by atoms with Crippen LogP contribution in [-0.2, 0) is 6.54 Å². The number of aromatic nitrogens is 3. The molecular weight excluding hydrogens is 314 g/mol. The fourth-order valence-electron chi connectivity index (χ4n) is 2.77. The first-order valence-electron chi connectivity index (χ1n) is 8.38. The summed E-state index contributed by atoms with van der Waals surface area (Å²) in [6.45, 7) is 5.33. The molecule has 1 unspecified atom stereocenters. The molecule has 0 aliphatic heterocycles. The molecule has 1 N–H and O–H groups in total. The van der Waals surface area contributed by atoms with Gasteiger partial charge in [0.05, 0.1) is 5.69 Å². The van der Waals surface area contributed by atoms with Crippen molar-refractivity contribution in [2.75, 3.05) is 13.6 Å². The summed E-state index contributed by atoms with van der Waals surface area (Å²) < 4.78 is 1.63. The molecule has 25 heavy (non-hydrogen) atoms. The van der Waals surface area contributed by atoms with Gasteiger partial charge in [-0.25, -0.2) is 9.50 Å². The van der Waals surface area contributed by atoms with Crippen molar-refractivity contribution in [1.29, 1.82) is 0 Å². The highest BCUT2D eigenvalue weighted by Crippen LogP contribution is 2.12. The van der Waals surface area contributed by atoms with Crippen molar-refractivity contribution in [3.05, 3.63) is 65.6 Å². The van der Waals surface area contributed by atoms with Crippen molar-refractivity contribution in [2.24, 2.45) is 0 Å². The van der Waals surface area contributed by atoms with Crippen molar-refractivity contribution < 1.29 is 4.79 Å². The predicted molar refractivity (Wildman–Crippen MR) is 97.4 cm³/mol. The zero-order valence-corrected chi connectivity index (χ0v) is 14.8. The third kappa shape index (κ3) is 3.85. The molecule has 130 valence electrons. The van der Waals surface area contributed by atoms with Crippen molar-refractivity contribution in [3.63, 3.8) is 0 Å². The number of nitrogens with zero attached hydrogens (tertiary/aromatic N) is 4. The molecule has 3 rings (SSSR count). The Morgan fingerprint density at radius 3 is 2.80 bits per heavy atom. The lowest BCUT2D eigenvalue weighted by Crippen LogP contribution is -2.40. The van der Waals surface area contributed by atoms with E-state index >= 15 is 0 Å². The van der Waals surface area contributed by atoms with Crippen LogP contribution in [0.4, 0.5) is 0 Å². The summed E-state index contributed by atoms with van der Waals surface area (Å²) in [6.07, 6.45) is 3.46. The Labute approximate surface area is 147 Å². The fraction of sp³-hybridized carbons (Fsp3) is 0.316. The number of carbonyl (C=O) groups excluding carboxylic acids is 1. The van der Waals surface area contributed by atoms with Crippen molar-refractivity contribution in [2.45, 2.75) is 26.4 Å². The summed E-state index contributed by atoms with van der Waals surface area (Å²) >= 11 is 0. The minimum atomic E-state index is -0.133. The minimum Gasteiger partial charge on any atom is -0.350 e. The Bertz CT molecular complexity index is 859. The van der Waals surface area contributed by atoms with Crippen molar-refractivity contribution in [1.82, 2.24) is 24.8 Å². The van der Waals surface area contributed by atoms with Crippen LogP contribution < -0.4 is 5.32 Å². The van der Waals surface area contributed by atoms with E-state index in [2.05, 4.69) is 46.4 Å². The molecule has 0 spiro atoms. The number of carbonyl (C=O) groups is 1. The Balaban J connectivity index is 1.62. The van der Waals surface area contributed by atoms with Gasteiger partial charge in [-0.15, -0.1) is 0 Å². The van der Waals surface area contributed by atoms with Gasteiger partial charge in [0.15, 0.2) is 5.65 Å². The molecule has 1 aromatic carbocycles. The number of benzene rings is 1. The minimum absolute atomic E-state index is 0.133. The highest BCUT2D eigenvalue weighted by Gasteiger charge is 2.19. The number of rotatable bonds is 6. The van der Waals surface area contributed by atoms with Gasteiger partial charge in [-0.05, 0) is 32.5 Å². The van der Waals surface area contributed by atoms with E-state index in [1.54, 1.807) is 23.0 Å². The van der Waals surface area contributed by atoms with E-state index in [0.717, 1.165) is 6.54 Å². The second-order valence-electron chi connectivity index (χ2n) is 6.31. The monoisotopic (exact) mass is 337 g/mol. The molecule has 0 aliphatic carbocycles. The second-order valence-corrected chi connectivity index (χ2v) is 6.31. The maximum atomic E-state index is 12.6. The average molecular weight is 337 g/mol. The van der Waals surface area contributed by atoms with E-state index in [4.69, 9.17) is 0 Å². The standard InChI is InChI=1S/C19H23N5O/c1-14(23(3)13-16-8-5-4-6-9-16)12-21-19(25)17-15(2)22-24-11-7-10-20-18(17)24/h4-11,14H,12-13H2,1-3H3,(H,21,25). The number of nitrogens with one attached hydrogen (secondary N) is 1. The van der Waals surface area contributed by atoms with E-state index in [0.29, 0.717) is 23.4 Å². The molecular formula is C19H23N5O. The molecule has 2 aromatic heterocycles. The third-order valence-corrected chi connectivity index (χ3v) is 4.38. The molecule has 2 heterocycles. The van der Waals surface area contributed by atoms with E-state index in [1.807, 2.05) is 25.1 Å². The van der Waals surface area contributed by atoms with Crippen LogP contribution in [0.2, 0.25) is 0 Å². The van der Waals surface area contributed by atoms with Gasteiger partial charge in [0.1, 0.15) is 5.56 Å². The summed E-state index contributed by atoms with van der Waals surface area (Å²) in [5, 5.41) is 7.35. The van der Waals surface area contributed by atoms with Crippen molar-refractivity contribution in [3.8, 4) is 0 Å². The van der Waals surface area contributed by atoms with Crippen molar-refractivity contribution >= 4 is 11.6 Å². The van der Waals surface area contributed by atoms with Crippen LogP contribution in [-0.4, -0.2) is 45.0 Å². The molecule has 3 aromatic rings. The van der Waals surface area contributed by atoms with Crippen LogP contribution in [0.5, 0.6) is 0 Å². The third-order valence-electron chi connectivity index (χ3n) is 4.38. The van der Waals surface area contributed by atoms with E-state index in [-0.39, 0.29) is 11.9 Å². The second kappa shape index (κ2) is 7.44.